The Morgan fingerprint density at radius 3 is 2.89 bits per heavy atom. The van der Waals surface area contributed by atoms with E-state index >= 15 is 0 Å². The number of primary amides is 1. The molecule has 0 radical (unpaired) electrons. The second-order valence-electron chi connectivity index (χ2n) is 4.52. The molecule has 2 aromatic rings. The molecule has 0 spiro atoms. The minimum Gasteiger partial charge on any atom is -0.497 e. The lowest BCUT2D eigenvalue weighted by molar-refractivity contribution is -0.117. The van der Waals surface area contributed by atoms with Crippen LogP contribution >= 0.6 is 0 Å². The number of hydrogen-bond acceptors (Lipinski definition) is 4. The van der Waals surface area contributed by atoms with E-state index in [2.05, 4.69) is 5.32 Å². The Bertz CT molecular complexity index is 604. The number of methoxy groups -OCH3 is 1. The lowest BCUT2D eigenvalue weighted by Crippen LogP contribution is -2.30. The van der Waals surface area contributed by atoms with Crippen molar-refractivity contribution in [3.8, 4) is 5.75 Å². The average Bonchev–Trinajstić information content (AvgIpc) is 2.73. The van der Waals surface area contributed by atoms with Crippen LogP contribution in [0.5, 0.6) is 5.75 Å². The number of fused-ring (bicyclic) bond motifs is 1. The Balaban J connectivity index is 2.33. The third-order valence-corrected chi connectivity index (χ3v) is 3.16. The second kappa shape index (κ2) is 5.32. The monoisotopic (exact) mass is 262 g/mol. The third-order valence-electron chi connectivity index (χ3n) is 3.16. The zero-order valence-corrected chi connectivity index (χ0v) is 11.3. The van der Waals surface area contributed by atoms with Crippen molar-refractivity contribution in [2.75, 3.05) is 13.7 Å². The number of amides is 1. The predicted octanol–water partition coefficient (Wildman–Crippen LogP) is 1.89. The Kier molecular flexibility index (Phi) is 3.76. The molecule has 1 aromatic carbocycles. The minimum atomic E-state index is -0.387. The van der Waals surface area contributed by atoms with E-state index in [4.69, 9.17) is 14.9 Å². The van der Waals surface area contributed by atoms with E-state index < -0.39 is 0 Å². The van der Waals surface area contributed by atoms with Crippen LogP contribution in [0.3, 0.4) is 0 Å². The van der Waals surface area contributed by atoms with E-state index in [0.29, 0.717) is 0 Å². The van der Waals surface area contributed by atoms with Crippen LogP contribution in [0.1, 0.15) is 24.3 Å². The summed E-state index contributed by atoms with van der Waals surface area (Å²) in [6, 6.07) is 5.60. The van der Waals surface area contributed by atoms with Crippen molar-refractivity contribution in [2.45, 2.75) is 19.9 Å². The maximum Gasteiger partial charge on any atom is 0.231 e. The van der Waals surface area contributed by atoms with E-state index in [1.165, 1.54) is 0 Å². The lowest BCUT2D eigenvalue weighted by atomic mass is 10.1. The first-order valence-electron chi connectivity index (χ1n) is 6.11. The molecule has 0 aliphatic heterocycles. The summed E-state index contributed by atoms with van der Waals surface area (Å²) in [4.78, 5) is 10.8. The van der Waals surface area contributed by atoms with Crippen LogP contribution in [0.4, 0.5) is 0 Å². The molecule has 2 rings (SSSR count). The number of furan rings is 1. The SMILES string of the molecule is COc1ccc2oc(C(C)NCC(N)=O)c(C)c2c1. The largest absolute Gasteiger partial charge is 0.497 e. The van der Waals surface area contributed by atoms with Gasteiger partial charge in [-0.25, -0.2) is 0 Å². The summed E-state index contributed by atoms with van der Waals surface area (Å²) >= 11 is 0. The summed E-state index contributed by atoms with van der Waals surface area (Å²) in [5.74, 6) is 1.22. The fraction of sp³-hybridized carbons (Fsp3) is 0.357. The summed E-state index contributed by atoms with van der Waals surface area (Å²) < 4.78 is 11.0. The number of nitrogens with one attached hydrogen (secondary N) is 1. The molecule has 0 fully saturated rings. The summed E-state index contributed by atoms with van der Waals surface area (Å²) in [7, 11) is 1.63. The fourth-order valence-electron chi connectivity index (χ4n) is 2.11. The number of carbonyl (C=O) groups excluding carboxylic acids is 1. The van der Waals surface area contributed by atoms with Crippen molar-refractivity contribution in [2.24, 2.45) is 5.73 Å². The highest BCUT2D eigenvalue weighted by molar-refractivity contribution is 5.83. The molecule has 1 heterocycles. The summed E-state index contributed by atoms with van der Waals surface area (Å²) in [5, 5.41) is 4.05. The predicted molar refractivity (Wildman–Crippen MR) is 73.1 cm³/mol. The molecule has 1 amide bonds. The molecule has 0 bridgehead atoms. The molecule has 0 aliphatic rings. The summed E-state index contributed by atoms with van der Waals surface area (Å²) in [6.45, 7) is 4.05. The smallest absolute Gasteiger partial charge is 0.231 e. The standard InChI is InChI=1S/C14H18N2O3/c1-8-11-6-10(18-3)4-5-12(11)19-14(8)9(2)16-7-13(15)17/h4-6,9,16H,7H2,1-3H3,(H2,15,17). The van der Waals surface area contributed by atoms with E-state index in [1.807, 2.05) is 32.0 Å². The molecule has 3 N–H and O–H groups in total. The number of rotatable bonds is 5. The van der Waals surface area contributed by atoms with Crippen LogP contribution in [-0.2, 0) is 4.79 Å². The third kappa shape index (κ3) is 2.71. The first kappa shape index (κ1) is 13.4. The van der Waals surface area contributed by atoms with E-state index in [0.717, 1.165) is 28.0 Å². The highest BCUT2D eigenvalue weighted by Crippen LogP contribution is 2.31. The first-order chi connectivity index (χ1) is 9.02. The quantitative estimate of drug-likeness (QED) is 0.862. The maximum atomic E-state index is 10.8. The van der Waals surface area contributed by atoms with Crippen molar-refractivity contribution in [1.29, 1.82) is 0 Å². The van der Waals surface area contributed by atoms with Gasteiger partial charge in [-0.2, -0.15) is 0 Å². The van der Waals surface area contributed by atoms with Crippen molar-refractivity contribution in [3.63, 3.8) is 0 Å². The molecule has 1 unspecified atom stereocenters. The van der Waals surface area contributed by atoms with E-state index in [1.54, 1.807) is 7.11 Å². The van der Waals surface area contributed by atoms with E-state index in [9.17, 15) is 4.79 Å². The average molecular weight is 262 g/mol. The van der Waals surface area contributed by atoms with Gasteiger partial charge in [0.2, 0.25) is 5.91 Å². The van der Waals surface area contributed by atoms with Crippen molar-refractivity contribution in [1.82, 2.24) is 5.32 Å². The summed E-state index contributed by atoms with van der Waals surface area (Å²) in [6.07, 6.45) is 0. The van der Waals surface area contributed by atoms with Gasteiger partial charge in [0.25, 0.3) is 0 Å². The number of hydrogen-bond donors (Lipinski definition) is 2. The Labute approximate surface area is 111 Å². The normalized spacial score (nSPS) is 12.6. The van der Waals surface area contributed by atoms with Crippen LogP contribution < -0.4 is 15.8 Å². The van der Waals surface area contributed by atoms with Crippen LogP contribution in [0.15, 0.2) is 22.6 Å². The van der Waals surface area contributed by atoms with Gasteiger partial charge >= 0.3 is 0 Å². The Morgan fingerprint density at radius 2 is 2.26 bits per heavy atom. The van der Waals surface area contributed by atoms with Gasteiger partial charge in [-0.3, -0.25) is 10.1 Å². The number of carbonyl (C=O) groups is 1. The van der Waals surface area contributed by atoms with Gasteiger partial charge in [-0.1, -0.05) is 0 Å². The molecule has 1 atom stereocenters. The second-order valence-corrected chi connectivity index (χ2v) is 4.52. The maximum absolute atomic E-state index is 10.8. The molecule has 5 heteroatoms. The number of nitrogens with two attached hydrogens (primary N) is 1. The molecular formula is C14H18N2O3. The van der Waals surface area contributed by atoms with Gasteiger partial charge in [-0.15, -0.1) is 0 Å². The number of ether oxygens (including phenoxy) is 1. The highest BCUT2D eigenvalue weighted by atomic mass is 16.5. The van der Waals surface area contributed by atoms with Crippen LogP contribution in [0.25, 0.3) is 11.0 Å². The van der Waals surface area contributed by atoms with Crippen molar-refractivity contribution >= 4 is 16.9 Å². The van der Waals surface area contributed by atoms with Crippen molar-refractivity contribution in [3.05, 3.63) is 29.5 Å². The topological polar surface area (TPSA) is 77.5 Å². The van der Waals surface area contributed by atoms with Crippen molar-refractivity contribution < 1.29 is 13.9 Å². The zero-order chi connectivity index (χ0) is 14.0. The molecule has 5 nitrogen and oxygen atoms in total. The Hall–Kier alpha value is -2.01. The minimum absolute atomic E-state index is 0.0779. The van der Waals surface area contributed by atoms with Gasteiger partial charge < -0.3 is 14.9 Å². The summed E-state index contributed by atoms with van der Waals surface area (Å²) in [5.41, 5.74) is 6.97. The van der Waals surface area contributed by atoms with Gasteiger partial charge in [0.1, 0.15) is 17.1 Å². The number of benzene rings is 1. The van der Waals surface area contributed by atoms with Crippen LogP contribution in [0.2, 0.25) is 0 Å². The fourth-order valence-corrected chi connectivity index (χ4v) is 2.11. The molecular weight excluding hydrogens is 244 g/mol. The molecule has 0 saturated carbocycles. The van der Waals surface area contributed by atoms with Gasteiger partial charge in [0, 0.05) is 10.9 Å². The highest BCUT2D eigenvalue weighted by Gasteiger charge is 2.17. The van der Waals surface area contributed by atoms with Gasteiger partial charge in [0.05, 0.1) is 19.7 Å². The number of aryl methyl sites for hydroxylation is 1. The molecule has 1 aromatic heterocycles. The molecule has 0 aliphatic carbocycles. The van der Waals surface area contributed by atoms with Gasteiger partial charge in [0.15, 0.2) is 0 Å². The van der Waals surface area contributed by atoms with Crippen LogP contribution in [-0.4, -0.2) is 19.6 Å². The lowest BCUT2D eigenvalue weighted by Gasteiger charge is -2.10. The zero-order valence-electron chi connectivity index (χ0n) is 11.3. The van der Waals surface area contributed by atoms with Gasteiger partial charge in [-0.05, 0) is 32.0 Å². The molecule has 102 valence electrons. The van der Waals surface area contributed by atoms with E-state index in [-0.39, 0.29) is 18.5 Å². The Morgan fingerprint density at radius 1 is 1.53 bits per heavy atom. The van der Waals surface area contributed by atoms with Crippen LogP contribution in [0, 0.1) is 6.92 Å². The first-order valence-corrected chi connectivity index (χ1v) is 6.11. The molecule has 0 saturated heterocycles. The molecule has 19 heavy (non-hydrogen) atoms.